The van der Waals surface area contributed by atoms with E-state index in [2.05, 4.69) is 34.3 Å². The molecule has 11 heavy (non-hydrogen) atoms. The second kappa shape index (κ2) is 6.75. The average molecular weight is 176 g/mol. The molecular weight excluding hydrogens is 156 g/mol. The van der Waals surface area contributed by atoms with Crippen LogP contribution in [0.4, 0.5) is 0 Å². The minimum Gasteiger partial charge on any atom is -0.328 e. The van der Waals surface area contributed by atoms with Gasteiger partial charge in [-0.1, -0.05) is 0 Å². The number of likely N-dealkylation sites (N-methyl/N-ethyl adjacent to an activating group) is 2. The van der Waals surface area contributed by atoms with Crippen LogP contribution in [0.25, 0.3) is 0 Å². The fraction of sp³-hybridized carbons (Fsp3) is 1.00. The maximum atomic E-state index is 3.43. The molecule has 0 unspecified atom stereocenters. The molecule has 0 heterocycles. The van der Waals surface area contributed by atoms with Gasteiger partial charge in [0.15, 0.2) is 9.84 Å². The van der Waals surface area contributed by atoms with Crippen LogP contribution >= 0.6 is 0 Å². The third-order valence-electron chi connectivity index (χ3n) is 1.47. The van der Waals surface area contributed by atoms with Crippen LogP contribution in [0, 0.1) is 0 Å². The van der Waals surface area contributed by atoms with E-state index in [0.717, 1.165) is 6.54 Å². The third-order valence-corrected chi connectivity index (χ3v) is 2.62. The highest BCUT2D eigenvalue weighted by molar-refractivity contribution is 6.28. The van der Waals surface area contributed by atoms with E-state index in [1.54, 1.807) is 0 Å². The molecule has 0 amide bonds. The van der Waals surface area contributed by atoms with Gasteiger partial charge in [-0.25, -0.2) is 0 Å². The summed E-state index contributed by atoms with van der Waals surface area (Å²) in [6.07, 6.45) is 0.391. The minimum atomic E-state index is -0.212. The summed E-state index contributed by atoms with van der Waals surface area (Å²) in [6, 6.07) is 0. The normalized spacial score (nSPS) is 12.5. The van der Waals surface area contributed by atoms with E-state index >= 15 is 0 Å². The van der Waals surface area contributed by atoms with Gasteiger partial charge >= 0.3 is 0 Å². The molecule has 4 nitrogen and oxygen atoms in total. The van der Waals surface area contributed by atoms with Crippen LogP contribution in [-0.4, -0.2) is 55.3 Å². The average Bonchev–Trinajstić information content (AvgIpc) is 1.98. The van der Waals surface area contributed by atoms with Crippen molar-refractivity contribution in [3.63, 3.8) is 0 Å². The number of hydrogen-bond donors (Lipinski definition) is 3. The quantitative estimate of drug-likeness (QED) is 0.320. The van der Waals surface area contributed by atoms with E-state index in [-0.39, 0.29) is 9.84 Å². The van der Waals surface area contributed by atoms with Crippen LogP contribution in [0.15, 0.2) is 0 Å². The van der Waals surface area contributed by atoms with Crippen molar-refractivity contribution in [2.45, 2.75) is 6.17 Å². The lowest BCUT2D eigenvalue weighted by molar-refractivity contribution is 0.484. The lowest BCUT2D eigenvalue weighted by Gasteiger charge is -2.17. The molecule has 0 bridgehead atoms. The summed E-state index contributed by atoms with van der Waals surface area (Å²) in [5, 5.41) is 6.31. The van der Waals surface area contributed by atoms with Crippen molar-refractivity contribution >= 4 is 9.84 Å². The highest BCUT2D eigenvalue weighted by atomic mass is 28.2. The lowest BCUT2D eigenvalue weighted by atomic mass is 10.5. The molecule has 0 aliphatic heterocycles. The van der Waals surface area contributed by atoms with Gasteiger partial charge < -0.3 is 20.2 Å². The zero-order valence-corrected chi connectivity index (χ0v) is 9.35. The van der Waals surface area contributed by atoms with Gasteiger partial charge in [-0.05, 0) is 28.2 Å². The first-order valence-corrected chi connectivity index (χ1v) is 5.24. The van der Waals surface area contributed by atoms with Crippen molar-refractivity contribution in [2.75, 3.05) is 34.7 Å². The van der Waals surface area contributed by atoms with Crippen molar-refractivity contribution in [3.8, 4) is 0 Å². The molecule has 0 aromatic rings. The molecule has 0 saturated heterocycles. The predicted octanol–water partition coefficient (Wildman–Crippen LogP) is -2.10. The Labute approximate surface area is 71.7 Å². The van der Waals surface area contributed by atoms with Crippen LogP contribution in [0.2, 0.25) is 0 Å². The van der Waals surface area contributed by atoms with Crippen molar-refractivity contribution in [1.82, 2.24) is 20.2 Å². The minimum absolute atomic E-state index is 0.212. The van der Waals surface area contributed by atoms with Gasteiger partial charge in [0.25, 0.3) is 0 Å². The van der Waals surface area contributed by atoms with Crippen molar-refractivity contribution in [1.29, 1.82) is 0 Å². The number of hydrogen-bond acceptors (Lipinski definition) is 4. The molecule has 5 heteroatoms. The Hall–Kier alpha value is 0.0569. The highest BCUT2D eigenvalue weighted by Gasteiger charge is 1.99. The van der Waals surface area contributed by atoms with Gasteiger partial charge in [-0.3, -0.25) is 0 Å². The molecule has 0 aliphatic carbocycles. The van der Waals surface area contributed by atoms with Gasteiger partial charge in [-0.2, -0.15) is 0 Å². The van der Waals surface area contributed by atoms with Crippen LogP contribution in [0.5, 0.6) is 0 Å². The SMILES string of the molecule is CNC(CN[SiH2]N(C)C)NC. The van der Waals surface area contributed by atoms with Gasteiger partial charge in [0.1, 0.15) is 0 Å². The van der Waals surface area contributed by atoms with Crippen LogP contribution in [0.3, 0.4) is 0 Å². The molecule has 0 fully saturated rings. The topological polar surface area (TPSA) is 39.3 Å². The van der Waals surface area contributed by atoms with Gasteiger partial charge in [0.2, 0.25) is 0 Å². The molecule has 0 saturated carbocycles. The Balaban J connectivity index is 3.21. The van der Waals surface area contributed by atoms with Gasteiger partial charge in [-0.15, -0.1) is 0 Å². The second-order valence-electron chi connectivity index (χ2n) is 2.82. The molecule has 0 aliphatic rings. The van der Waals surface area contributed by atoms with Crippen molar-refractivity contribution in [2.24, 2.45) is 0 Å². The van der Waals surface area contributed by atoms with E-state index in [4.69, 9.17) is 0 Å². The zero-order valence-electron chi connectivity index (χ0n) is 7.94. The van der Waals surface area contributed by atoms with E-state index in [1.165, 1.54) is 0 Å². The summed E-state index contributed by atoms with van der Waals surface area (Å²) in [4.78, 5) is 3.43. The Morgan fingerprint density at radius 2 is 1.82 bits per heavy atom. The fourth-order valence-corrected chi connectivity index (χ4v) is 1.65. The van der Waals surface area contributed by atoms with Crippen molar-refractivity contribution in [3.05, 3.63) is 0 Å². The summed E-state index contributed by atoms with van der Waals surface area (Å²) in [5.41, 5.74) is 0. The van der Waals surface area contributed by atoms with Gasteiger partial charge in [0.05, 0.1) is 6.17 Å². The molecule has 68 valence electrons. The van der Waals surface area contributed by atoms with Crippen LogP contribution in [0.1, 0.15) is 0 Å². The van der Waals surface area contributed by atoms with E-state index in [1.807, 2.05) is 14.1 Å². The highest BCUT2D eigenvalue weighted by Crippen LogP contribution is 1.70. The standard InChI is InChI=1S/C6H20N4Si/c1-7-6(8-2)5-9-11-10(3)4/h6-9H,5,11H2,1-4H3. The molecule has 0 atom stereocenters. The molecule has 0 aromatic heterocycles. The first-order valence-electron chi connectivity index (χ1n) is 3.90. The lowest BCUT2D eigenvalue weighted by Crippen LogP contribution is -2.48. The zero-order chi connectivity index (χ0) is 8.69. The number of nitrogens with one attached hydrogen (secondary N) is 3. The van der Waals surface area contributed by atoms with Crippen molar-refractivity contribution < 1.29 is 0 Å². The smallest absolute Gasteiger partial charge is 0.169 e. The Kier molecular flexibility index (Phi) is 6.78. The third kappa shape index (κ3) is 6.45. The Morgan fingerprint density at radius 3 is 2.18 bits per heavy atom. The van der Waals surface area contributed by atoms with Gasteiger partial charge in [0, 0.05) is 6.54 Å². The Bertz CT molecular complexity index is 84.7. The summed E-state index contributed by atoms with van der Waals surface area (Å²) >= 11 is 0. The van der Waals surface area contributed by atoms with E-state index < -0.39 is 0 Å². The molecule has 0 rings (SSSR count). The van der Waals surface area contributed by atoms with Crippen LogP contribution in [-0.2, 0) is 0 Å². The largest absolute Gasteiger partial charge is 0.328 e. The molecule has 0 spiro atoms. The summed E-state index contributed by atoms with van der Waals surface area (Å²) in [7, 11) is 7.91. The second-order valence-corrected chi connectivity index (χ2v) is 4.90. The molecular formula is C6H20N4Si. The summed E-state index contributed by atoms with van der Waals surface area (Å²) in [6.45, 7) is 0.997. The first kappa shape index (κ1) is 11.1. The maximum absolute atomic E-state index is 3.43. The fourth-order valence-electron chi connectivity index (χ4n) is 0.781. The predicted molar refractivity (Wildman–Crippen MR) is 52.1 cm³/mol. The molecule has 0 radical (unpaired) electrons. The van der Waals surface area contributed by atoms with E-state index in [0.29, 0.717) is 6.17 Å². The molecule has 0 aromatic carbocycles. The molecule has 3 N–H and O–H groups in total. The first-order chi connectivity index (χ1) is 5.20. The van der Waals surface area contributed by atoms with Crippen LogP contribution < -0.4 is 15.6 Å². The summed E-state index contributed by atoms with van der Waals surface area (Å²) in [5.74, 6) is 0. The summed E-state index contributed by atoms with van der Waals surface area (Å²) < 4.78 is 2.24. The number of nitrogens with zero attached hydrogens (tertiary/aromatic N) is 1. The monoisotopic (exact) mass is 176 g/mol. The van der Waals surface area contributed by atoms with E-state index in [9.17, 15) is 0 Å². The Morgan fingerprint density at radius 1 is 1.27 bits per heavy atom. The number of rotatable bonds is 6. The maximum Gasteiger partial charge on any atom is 0.169 e.